The van der Waals surface area contributed by atoms with E-state index in [9.17, 15) is 4.79 Å². The minimum absolute atomic E-state index is 0.175. The smallest absolute Gasteiger partial charge is 0.164 e. The van der Waals surface area contributed by atoms with E-state index < -0.39 is 0 Å². The molecule has 108 valence electrons. The normalized spacial score (nSPS) is 25.2. The minimum Gasteiger partial charge on any atom is -0.486 e. The van der Waals surface area contributed by atoms with Gasteiger partial charge in [-0.1, -0.05) is 6.42 Å². The topological polar surface area (TPSA) is 47.6 Å². The van der Waals surface area contributed by atoms with Crippen molar-refractivity contribution < 1.29 is 14.3 Å². The molecule has 0 amide bonds. The van der Waals surface area contributed by atoms with E-state index in [1.807, 2.05) is 18.2 Å². The van der Waals surface area contributed by atoms with Crippen molar-refractivity contribution in [1.82, 2.24) is 5.32 Å². The van der Waals surface area contributed by atoms with E-state index in [2.05, 4.69) is 12.2 Å². The number of nitrogens with one attached hydrogen (secondary N) is 1. The van der Waals surface area contributed by atoms with Crippen molar-refractivity contribution in [1.29, 1.82) is 0 Å². The molecule has 0 aromatic heterocycles. The van der Waals surface area contributed by atoms with Crippen LogP contribution >= 0.6 is 0 Å². The van der Waals surface area contributed by atoms with Gasteiger partial charge in [0.25, 0.3) is 0 Å². The molecule has 20 heavy (non-hydrogen) atoms. The van der Waals surface area contributed by atoms with E-state index in [0.29, 0.717) is 43.0 Å². The maximum absolute atomic E-state index is 12.4. The zero-order valence-corrected chi connectivity index (χ0v) is 11.9. The summed E-state index contributed by atoms with van der Waals surface area (Å²) in [5.74, 6) is 1.60. The Bertz CT molecular complexity index is 500. The first kappa shape index (κ1) is 13.4. The van der Waals surface area contributed by atoms with Crippen LogP contribution in [0.2, 0.25) is 0 Å². The lowest BCUT2D eigenvalue weighted by atomic mass is 9.94. The standard InChI is InChI=1S/C16H21NO3/c1-11-3-2-4-13(17-11)10-14(18)12-5-6-15-16(9-12)20-8-7-19-15/h5-6,9,11,13,17H,2-4,7-8,10H2,1H3. The van der Waals surface area contributed by atoms with Crippen LogP contribution in [0.25, 0.3) is 0 Å². The van der Waals surface area contributed by atoms with E-state index >= 15 is 0 Å². The van der Waals surface area contributed by atoms with Crippen LogP contribution in [0.4, 0.5) is 0 Å². The minimum atomic E-state index is 0.175. The largest absolute Gasteiger partial charge is 0.486 e. The first-order chi connectivity index (χ1) is 9.72. The van der Waals surface area contributed by atoms with Gasteiger partial charge in [-0.05, 0) is 38.0 Å². The molecule has 1 N–H and O–H groups in total. The van der Waals surface area contributed by atoms with Gasteiger partial charge in [0.15, 0.2) is 17.3 Å². The number of hydrogen-bond acceptors (Lipinski definition) is 4. The number of hydrogen-bond donors (Lipinski definition) is 1. The van der Waals surface area contributed by atoms with Gasteiger partial charge in [-0.15, -0.1) is 0 Å². The molecule has 1 fully saturated rings. The lowest BCUT2D eigenvalue weighted by Gasteiger charge is -2.28. The molecule has 0 radical (unpaired) electrons. The van der Waals surface area contributed by atoms with E-state index in [4.69, 9.17) is 9.47 Å². The third-order valence-corrected chi connectivity index (χ3v) is 4.01. The van der Waals surface area contributed by atoms with Crippen molar-refractivity contribution in [2.75, 3.05) is 13.2 Å². The van der Waals surface area contributed by atoms with Crippen molar-refractivity contribution in [3.05, 3.63) is 23.8 Å². The number of ether oxygens (including phenoxy) is 2. The summed E-state index contributed by atoms with van der Waals surface area (Å²) in [7, 11) is 0. The molecule has 2 atom stereocenters. The van der Waals surface area contributed by atoms with Crippen LogP contribution in [-0.4, -0.2) is 31.1 Å². The summed E-state index contributed by atoms with van der Waals surface area (Å²) < 4.78 is 11.0. The highest BCUT2D eigenvalue weighted by molar-refractivity contribution is 5.97. The Kier molecular flexibility index (Phi) is 3.92. The molecule has 2 unspecified atom stereocenters. The van der Waals surface area contributed by atoms with Crippen LogP contribution in [-0.2, 0) is 0 Å². The summed E-state index contributed by atoms with van der Waals surface area (Å²) in [5.41, 5.74) is 0.717. The molecule has 2 heterocycles. The third kappa shape index (κ3) is 2.96. The molecule has 4 nitrogen and oxygen atoms in total. The molecule has 1 aromatic carbocycles. The van der Waals surface area contributed by atoms with Gasteiger partial charge in [-0.2, -0.15) is 0 Å². The summed E-state index contributed by atoms with van der Waals surface area (Å²) in [6, 6.07) is 6.30. The summed E-state index contributed by atoms with van der Waals surface area (Å²) in [5, 5.41) is 3.50. The molecule has 4 heteroatoms. The number of benzene rings is 1. The van der Waals surface area contributed by atoms with Crippen molar-refractivity contribution in [2.45, 2.75) is 44.7 Å². The Morgan fingerprint density at radius 2 is 2.05 bits per heavy atom. The highest BCUT2D eigenvalue weighted by Gasteiger charge is 2.22. The zero-order chi connectivity index (χ0) is 13.9. The number of ketones is 1. The highest BCUT2D eigenvalue weighted by Crippen LogP contribution is 2.31. The number of carbonyl (C=O) groups is 1. The van der Waals surface area contributed by atoms with Crippen molar-refractivity contribution in [3.8, 4) is 11.5 Å². The molecule has 2 aliphatic heterocycles. The fourth-order valence-electron chi connectivity index (χ4n) is 2.96. The maximum Gasteiger partial charge on any atom is 0.164 e. The van der Waals surface area contributed by atoms with Gasteiger partial charge in [0.05, 0.1) is 0 Å². The van der Waals surface area contributed by atoms with Gasteiger partial charge in [0.2, 0.25) is 0 Å². The van der Waals surface area contributed by atoms with Crippen LogP contribution in [0, 0.1) is 0 Å². The van der Waals surface area contributed by atoms with Gasteiger partial charge >= 0.3 is 0 Å². The van der Waals surface area contributed by atoms with Crippen molar-refractivity contribution >= 4 is 5.78 Å². The van der Waals surface area contributed by atoms with Gasteiger partial charge < -0.3 is 14.8 Å². The second-order valence-electron chi connectivity index (χ2n) is 5.68. The zero-order valence-electron chi connectivity index (χ0n) is 11.9. The molecule has 0 aliphatic carbocycles. The van der Waals surface area contributed by atoms with Gasteiger partial charge in [-0.25, -0.2) is 0 Å². The van der Waals surface area contributed by atoms with Crippen LogP contribution < -0.4 is 14.8 Å². The Hall–Kier alpha value is -1.55. The molecule has 1 aromatic rings. The van der Waals surface area contributed by atoms with Crippen LogP contribution in [0.5, 0.6) is 11.5 Å². The maximum atomic E-state index is 12.4. The second kappa shape index (κ2) is 5.83. The summed E-state index contributed by atoms with van der Waals surface area (Å²) in [4.78, 5) is 12.4. The summed E-state index contributed by atoms with van der Waals surface area (Å²) in [6.45, 7) is 3.30. The quantitative estimate of drug-likeness (QED) is 0.861. The highest BCUT2D eigenvalue weighted by atomic mass is 16.6. The average Bonchev–Trinajstić information content (AvgIpc) is 2.47. The molecule has 2 aliphatic rings. The Morgan fingerprint density at radius 1 is 1.25 bits per heavy atom. The van der Waals surface area contributed by atoms with E-state index in [1.165, 1.54) is 12.8 Å². The molecule has 3 rings (SSSR count). The Labute approximate surface area is 119 Å². The molecule has 1 saturated heterocycles. The summed E-state index contributed by atoms with van der Waals surface area (Å²) >= 11 is 0. The van der Waals surface area contributed by atoms with Crippen molar-refractivity contribution in [3.63, 3.8) is 0 Å². The lowest BCUT2D eigenvalue weighted by molar-refractivity contribution is 0.0958. The predicted octanol–water partition coefficient (Wildman–Crippen LogP) is 2.56. The number of fused-ring (bicyclic) bond motifs is 1. The van der Waals surface area contributed by atoms with Gasteiger partial charge in [-0.3, -0.25) is 4.79 Å². The molecule has 0 bridgehead atoms. The Morgan fingerprint density at radius 3 is 2.85 bits per heavy atom. The monoisotopic (exact) mass is 275 g/mol. The van der Waals surface area contributed by atoms with E-state index in [0.717, 1.165) is 12.2 Å². The van der Waals surface area contributed by atoms with Gasteiger partial charge in [0, 0.05) is 24.1 Å². The van der Waals surface area contributed by atoms with E-state index in [-0.39, 0.29) is 5.78 Å². The average molecular weight is 275 g/mol. The second-order valence-corrected chi connectivity index (χ2v) is 5.68. The number of rotatable bonds is 3. The molecule has 0 spiro atoms. The first-order valence-electron chi connectivity index (χ1n) is 7.41. The number of piperidine rings is 1. The van der Waals surface area contributed by atoms with Crippen LogP contribution in [0.1, 0.15) is 43.0 Å². The SMILES string of the molecule is CC1CCCC(CC(=O)c2ccc3c(c2)OCCO3)N1. The fraction of sp³-hybridized carbons (Fsp3) is 0.562. The number of Topliss-reactive ketones (excluding diaryl/α,β-unsaturated/α-hetero) is 1. The predicted molar refractivity (Wildman–Crippen MR) is 76.6 cm³/mol. The third-order valence-electron chi connectivity index (χ3n) is 4.01. The number of carbonyl (C=O) groups excluding carboxylic acids is 1. The Balaban J connectivity index is 1.67. The van der Waals surface area contributed by atoms with Crippen LogP contribution in [0.3, 0.4) is 0 Å². The fourth-order valence-corrected chi connectivity index (χ4v) is 2.96. The molecular weight excluding hydrogens is 254 g/mol. The summed E-state index contributed by atoms with van der Waals surface area (Å²) in [6.07, 6.45) is 4.05. The van der Waals surface area contributed by atoms with Gasteiger partial charge in [0.1, 0.15) is 13.2 Å². The molecule has 0 saturated carbocycles. The first-order valence-corrected chi connectivity index (χ1v) is 7.41. The van der Waals surface area contributed by atoms with Crippen LogP contribution in [0.15, 0.2) is 18.2 Å². The molecular formula is C16H21NO3. The van der Waals surface area contributed by atoms with E-state index in [1.54, 1.807) is 0 Å². The van der Waals surface area contributed by atoms with Crippen molar-refractivity contribution in [2.24, 2.45) is 0 Å². The lowest BCUT2D eigenvalue weighted by Crippen LogP contribution is -2.41.